The maximum Gasteiger partial charge on any atom is 0.243 e. The highest BCUT2D eigenvalue weighted by atomic mass is 32.2. The van der Waals surface area contributed by atoms with Gasteiger partial charge in [0.15, 0.2) is 0 Å². The Kier molecular flexibility index (Phi) is 5.94. The van der Waals surface area contributed by atoms with Crippen molar-refractivity contribution < 1.29 is 13.2 Å². The quantitative estimate of drug-likeness (QED) is 0.639. The molecule has 1 fully saturated rings. The monoisotopic (exact) mass is 433 g/mol. The third-order valence-corrected chi connectivity index (χ3v) is 7.40. The fourth-order valence-electron chi connectivity index (χ4n) is 3.94. The number of anilines is 1. The highest BCUT2D eigenvalue weighted by Crippen LogP contribution is 2.33. The SMILES string of the molecule is COc1ccc(S(=O)(=O)N2C[C@H](Nc3cccc(C#N)c3)[C@@H](c3ccccc3)C2)cc1. The van der Waals surface area contributed by atoms with Gasteiger partial charge in [-0.1, -0.05) is 36.4 Å². The summed E-state index contributed by atoms with van der Waals surface area (Å²) in [7, 11) is -2.11. The number of nitrogens with one attached hydrogen (secondary N) is 1. The zero-order valence-electron chi connectivity index (χ0n) is 17.1. The standard InChI is InChI=1S/C24H23N3O3S/c1-30-21-10-12-22(13-11-21)31(28,29)27-16-23(19-7-3-2-4-8-19)24(17-27)26-20-9-5-6-18(14-20)15-25/h2-14,23-24,26H,16-17H2,1H3/t23-,24+/m1/s1. The number of hydrogen-bond acceptors (Lipinski definition) is 5. The van der Waals surface area contributed by atoms with Crippen molar-refractivity contribution in [1.29, 1.82) is 5.26 Å². The highest BCUT2D eigenvalue weighted by Gasteiger charge is 2.40. The van der Waals surface area contributed by atoms with E-state index >= 15 is 0 Å². The van der Waals surface area contributed by atoms with Crippen molar-refractivity contribution in [1.82, 2.24) is 4.31 Å². The van der Waals surface area contributed by atoms with E-state index in [9.17, 15) is 13.7 Å². The zero-order chi connectivity index (χ0) is 21.8. The highest BCUT2D eigenvalue weighted by molar-refractivity contribution is 7.89. The third-order valence-electron chi connectivity index (χ3n) is 5.56. The Balaban J connectivity index is 1.64. The Labute approximate surface area is 182 Å². The van der Waals surface area contributed by atoms with Crippen LogP contribution < -0.4 is 10.1 Å². The Bertz CT molecular complexity index is 1190. The predicted molar refractivity (Wildman–Crippen MR) is 120 cm³/mol. The van der Waals surface area contributed by atoms with E-state index in [1.807, 2.05) is 42.5 Å². The van der Waals surface area contributed by atoms with Gasteiger partial charge in [0.25, 0.3) is 0 Å². The Hall–Kier alpha value is -3.34. The third kappa shape index (κ3) is 4.41. The maximum absolute atomic E-state index is 13.3. The van der Waals surface area contributed by atoms with Crippen LogP contribution in [0.3, 0.4) is 0 Å². The van der Waals surface area contributed by atoms with Gasteiger partial charge in [0, 0.05) is 30.7 Å². The number of nitrogens with zero attached hydrogens (tertiary/aromatic N) is 2. The van der Waals surface area contributed by atoms with Crippen LogP contribution in [0.5, 0.6) is 5.75 Å². The van der Waals surface area contributed by atoms with Gasteiger partial charge in [-0.25, -0.2) is 8.42 Å². The number of hydrogen-bond donors (Lipinski definition) is 1. The molecule has 1 aliphatic rings. The molecule has 2 atom stereocenters. The molecule has 3 aromatic rings. The second kappa shape index (κ2) is 8.80. The van der Waals surface area contributed by atoms with Crippen LogP contribution in [0.1, 0.15) is 17.0 Å². The topological polar surface area (TPSA) is 82.4 Å². The van der Waals surface area contributed by atoms with Crippen molar-refractivity contribution in [2.75, 3.05) is 25.5 Å². The van der Waals surface area contributed by atoms with E-state index in [1.54, 1.807) is 43.5 Å². The molecule has 0 radical (unpaired) electrons. The van der Waals surface area contributed by atoms with Crippen LogP contribution in [-0.2, 0) is 10.0 Å². The second-order valence-electron chi connectivity index (χ2n) is 7.46. The predicted octanol–water partition coefficient (Wildman–Crippen LogP) is 3.84. The lowest BCUT2D eigenvalue weighted by atomic mass is 9.94. The molecule has 158 valence electrons. The zero-order valence-corrected chi connectivity index (χ0v) is 17.9. The summed E-state index contributed by atoms with van der Waals surface area (Å²) in [6.45, 7) is 0.693. The molecule has 1 aliphatic heterocycles. The Morgan fingerprint density at radius 1 is 1.00 bits per heavy atom. The molecule has 0 spiro atoms. The number of nitriles is 1. The van der Waals surface area contributed by atoms with Gasteiger partial charge in [0.2, 0.25) is 10.0 Å². The minimum absolute atomic E-state index is 0.0278. The molecule has 0 saturated carbocycles. The number of ether oxygens (including phenoxy) is 1. The molecule has 0 aliphatic carbocycles. The van der Waals surface area contributed by atoms with Crippen molar-refractivity contribution in [2.24, 2.45) is 0 Å². The number of benzene rings is 3. The normalized spacial score (nSPS) is 19.0. The first-order chi connectivity index (χ1) is 15.0. The van der Waals surface area contributed by atoms with Gasteiger partial charge in [0.1, 0.15) is 5.75 Å². The van der Waals surface area contributed by atoms with E-state index in [-0.39, 0.29) is 16.9 Å². The lowest BCUT2D eigenvalue weighted by molar-refractivity contribution is 0.414. The summed E-state index contributed by atoms with van der Waals surface area (Å²) in [4.78, 5) is 0.243. The summed E-state index contributed by atoms with van der Waals surface area (Å²) in [6, 6.07) is 25.6. The van der Waals surface area contributed by atoms with E-state index in [4.69, 9.17) is 4.74 Å². The second-order valence-corrected chi connectivity index (χ2v) is 9.40. The minimum Gasteiger partial charge on any atom is -0.497 e. The van der Waals surface area contributed by atoms with E-state index in [0.717, 1.165) is 11.3 Å². The van der Waals surface area contributed by atoms with E-state index < -0.39 is 10.0 Å². The molecule has 1 N–H and O–H groups in total. The first-order valence-corrected chi connectivity index (χ1v) is 11.4. The molecular weight excluding hydrogens is 410 g/mol. The van der Waals surface area contributed by atoms with Crippen molar-refractivity contribution in [3.8, 4) is 11.8 Å². The van der Waals surface area contributed by atoms with Crippen molar-refractivity contribution in [3.05, 3.63) is 90.0 Å². The largest absolute Gasteiger partial charge is 0.497 e. The summed E-state index contributed by atoms with van der Waals surface area (Å²) in [5.41, 5.74) is 2.43. The maximum atomic E-state index is 13.3. The van der Waals surface area contributed by atoms with Crippen LogP contribution in [0.2, 0.25) is 0 Å². The fourth-order valence-corrected chi connectivity index (χ4v) is 5.43. The summed E-state index contributed by atoms with van der Waals surface area (Å²) >= 11 is 0. The van der Waals surface area contributed by atoms with Gasteiger partial charge in [-0.15, -0.1) is 0 Å². The number of sulfonamides is 1. The lowest BCUT2D eigenvalue weighted by Crippen LogP contribution is -2.31. The Morgan fingerprint density at radius 3 is 2.42 bits per heavy atom. The molecule has 31 heavy (non-hydrogen) atoms. The first-order valence-electron chi connectivity index (χ1n) is 9.97. The lowest BCUT2D eigenvalue weighted by Gasteiger charge is -2.21. The summed E-state index contributed by atoms with van der Waals surface area (Å²) in [6.07, 6.45) is 0. The van der Waals surface area contributed by atoms with Crippen LogP contribution in [0, 0.1) is 11.3 Å². The molecule has 1 saturated heterocycles. The molecular formula is C24H23N3O3S. The number of rotatable bonds is 6. The molecule has 4 rings (SSSR count). The molecule has 0 aromatic heterocycles. The van der Waals surface area contributed by atoms with Crippen molar-refractivity contribution >= 4 is 15.7 Å². The molecule has 0 amide bonds. The minimum atomic E-state index is -3.66. The Morgan fingerprint density at radius 2 is 1.74 bits per heavy atom. The molecule has 0 unspecified atom stereocenters. The summed E-state index contributed by atoms with van der Waals surface area (Å²) in [5.74, 6) is 0.583. The first kappa shape index (κ1) is 20.9. The number of methoxy groups -OCH3 is 1. The molecule has 1 heterocycles. The van der Waals surface area contributed by atoms with Crippen molar-refractivity contribution in [2.45, 2.75) is 16.9 Å². The van der Waals surface area contributed by atoms with Gasteiger partial charge < -0.3 is 10.1 Å². The van der Waals surface area contributed by atoms with Gasteiger partial charge in [-0.2, -0.15) is 9.57 Å². The van der Waals surface area contributed by atoms with Crippen LogP contribution in [0.25, 0.3) is 0 Å². The van der Waals surface area contributed by atoms with Crippen LogP contribution in [-0.4, -0.2) is 39.0 Å². The molecule has 6 nitrogen and oxygen atoms in total. The van der Waals surface area contributed by atoms with Crippen LogP contribution >= 0.6 is 0 Å². The summed E-state index contributed by atoms with van der Waals surface area (Å²) in [5, 5.41) is 12.6. The van der Waals surface area contributed by atoms with Gasteiger partial charge in [0.05, 0.1) is 23.6 Å². The van der Waals surface area contributed by atoms with E-state index in [1.165, 1.54) is 4.31 Å². The van der Waals surface area contributed by atoms with Crippen LogP contribution in [0.4, 0.5) is 5.69 Å². The van der Waals surface area contributed by atoms with Gasteiger partial charge in [-0.05, 0) is 48.0 Å². The molecule has 0 bridgehead atoms. The average Bonchev–Trinajstić information content (AvgIpc) is 3.24. The van der Waals surface area contributed by atoms with Gasteiger partial charge in [-0.3, -0.25) is 0 Å². The fraction of sp³-hybridized carbons (Fsp3) is 0.208. The van der Waals surface area contributed by atoms with Crippen LogP contribution in [0.15, 0.2) is 83.8 Å². The van der Waals surface area contributed by atoms with E-state index in [2.05, 4.69) is 11.4 Å². The average molecular weight is 434 g/mol. The molecule has 3 aromatic carbocycles. The smallest absolute Gasteiger partial charge is 0.243 e. The van der Waals surface area contributed by atoms with Gasteiger partial charge >= 0.3 is 0 Å². The summed E-state index contributed by atoms with van der Waals surface area (Å²) < 4.78 is 33.3. The van der Waals surface area contributed by atoms with Crippen molar-refractivity contribution in [3.63, 3.8) is 0 Å². The molecule has 7 heteroatoms. The van der Waals surface area contributed by atoms with E-state index in [0.29, 0.717) is 24.4 Å².